The molecule has 112 valence electrons. The first kappa shape index (κ1) is 15.9. The van der Waals surface area contributed by atoms with Crippen molar-refractivity contribution in [1.82, 2.24) is 5.32 Å². The van der Waals surface area contributed by atoms with E-state index >= 15 is 0 Å². The lowest BCUT2D eigenvalue weighted by molar-refractivity contribution is 0.436. The van der Waals surface area contributed by atoms with E-state index in [9.17, 15) is 0 Å². The second-order valence-electron chi connectivity index (χ2n) is 6.13. The normalized spacial score (nSPS) is 20.3. The summed E-state index contributed by atoms with van der Waals surface area (Å²) in [6.07, 6.45) is 2.32. The van der Waals surface area contributed by atoms with Crippen molar-refractivity contribution in [2.45, 2.75) is 39.7 Å². The molecule has 0 radical (unpaired) electrons. The van der Waals surface area contributed by atoms with E-state index in [0.29, 0.717) is 12.0 Å². The number of rotatable bonds is 3. The van der Waals surface area contributed by atoms with Crippen molar-refractivity contribution in [3.8, 4) is 0 Å². The van der Waals surface area contributed by atoms with Crippen LogP contribution >= 0.6 is 23.2 Å². The highest BCUT2D eigenvalue weighted by molar-refractivity contribution is 6.35. The second kappa shape index (κ2) is 7.02. The Morgan fingerprint density at radius 1 is 1.30 bits per heavy atom. The summed E-state index contributed by atoms with van der Waals surface area (Å²) in [5.74, 6) is 0.699. The SMILES string of the molecule is Cc1cc(Cl)c(N2CCCNC(CC(C)C)C2)cc1Cl. The van der Waals surface area contributed by atoms with Crippen LogP contribution in [0.25, 0.3) is 0 Å². The highest BCUT2D eigenvalue weighted by atomic mass is 35.5. The molecule has 0 aromatic heterocycles. The standard InChI is InChI=1S/C16H24Cl2N2/c1-11(2)7-13-10-20(6-4-5-19-13)16-9-14(17)12(3)8-15(16)18/h8-9,11,13,19H,4-7,10H2,1-3H3. The van der Waals surface area contributed by atoms with Crippen molar-refractivity contribution >= 4 is 28.9 Å². The van der Waals surface area contributed by atoms with Crippen LogP contribution in [0, 0.1) is 12.8 Å². The minimum absolute atomic E-state index is 0.522. The Balaban J connectivity index is 2.19. The van der Waals surface area contributed by atoms with Crippen LogP contribution in [0.15, 0.2) is 12.1 Å². The number of aryl methyl sites for hydroxylation is 1. The third-order valence-corrected chi connectivity index (χ3v) is 4.51. The molecule has 20 heavy (non-hydrogen) atoms. The molecule has 1 aliphatic rings. The lowest BCUT2D eigenvalue weighted by Crippen LogP contribution is -2.38. The fourth-order valence-corrected chi connectivity index (χ4v) is 3.32. The van der Waals surface area contributed by atoms with Gasteiger partial charge in [0.15, 0.2) is 0 Å². The predicted octanol–water partition coefficient (Wildman–Crippen LogP) is 4.52. The molecular weight excluding hydrogens is 291 g/mol. The summed E-state index contributed by atoms with van der Waals surface area (Å²) in [6.45, 7) is 9.63. The zero-order valence-electron chi connectivity index (χ0n) is 12.5. The van der Waals surface area contributed by atoms with Crippen molar-refractivity contribution in [2.24, 2.45) is 5.92 Å². The predicted molar refractivity (Wildman–Crippen MR) is 89.3 cm³/mol. The fraction of sp³-hybridized carbons (Fsp3) is 0.625. The molecule has 1 aromatic carbocycles. The fourth-order valence-electron chi connectivity index (χ4n) is 2.82. The molecule has 1 heterocycles. The Labute approximate surface area is 132 Å². The maximum Gasteiger partial charge on any atom is 0.0643 e. The van der Waals surface area contributed by atoms with E-state index in [2.05, 4.69) is 24.1 Å². The van der Waals surface area contributed by atoms with Crippen LogP contribution < -0.4 is 10.2 Å². The van der Waals surface area contributed by atoms with E-state index in [1.54, 1.807) is 0 Å². The topological polar surface area (TPSA) is 15.3 Å². The van der Waals surface area contributed by atoms with Crippen LogP contribution in [-0.2, 0) is 0 Å². The molecule has 1 unspecified atom stereocenters. The van der Waals surface area contributed by atoms with Gasteiger partial charge >= 0.3 is 0 Å². The van der Waals surface area contributed by atoms with Crippen LogP contribution in [0.5, 0.6) is 0 Å². The molecule has 0 saturated carbocycles. The molecule has 1 saturated heterocycles. The maximum absolute atomic E-state index is 6.42. The molecule has 1 aromatic rings. The second-order valence-corrected chi connectivity index (χ2v) is 6.95. The number of halogens is 2. The third kappa shape index (κ3) is 4.03. The molecular formula is C16H24Cl2N2. The van der Waals surface area contributed by atoms with Gasteiger partial charge in [0.05, 0.1) is 10.7 Å². The molecule has 0 amide bonds. The van der Waals surface area contributed by atoms with Gasteiger partial charge in [0, 0.05) is 24.2 Å². The van der Waals surface area contributed by atoms with Gasteiger partial charge in [-0.2, -0.15) is 0 Å². The monoisotopic (exact) mass is 314 g/mol. The van der Waals surface area contributed by atoms with E-state index in [4.69, 9.17) is 23.2 Å². The lowest BCUT2D eigenvalue weighted by Gasteiger charge is -2.28. The van der Waals surface area contributed by atoms with E-state index in [-0.39, 0.29) is 0 Å². The molecule has 2 nitrogen and oxygen atoms in total. The highest BCUT2D eigenvalue weighted by Crippen LogP contribution is 2.32. The first-order valence-corrected chi connectivity index (χ1v) is 8.17. The molecule has 1 atom stereocenters. The van der Waals surface area contributed by atoms with Gasteiger partial charge < -0.3 is 10.2 Å². The van der Waals surface area contributed by atoms with E-state index in [0.717, 1.165) is 47.4 Å². The summed E-state index contributed by atoms with van der Waals surface area (Å²) in [5, 5.41) is 5.24. The molecule has 1 N–H and O–H groups in total. The Bertz CT molecular complexity index is 460. The molecule has 0 spiro atoms. The third-order valence-electron chi connectivity index (χ3n) is 3.80. The van der Waals surface area contributed by atoms with Crippen LogP contribution in [0.3, 0.4) is 0 Å². The van der Waals surface area contributed by atoms with Gasteiger partial charge in [-0.05, 0) is 49.9 Å². The number of nitrogens with zero attached hydrogens (tertiary/aromatic N) is 1. The minimum Gasteiger partial charge on any atom is -0.369 e. The van der Waals surface area contributed by atoms with Crippen molar-refractivity contribution in [2.75, 3.05) is 24.5 Å². The number of hydrogen-bond acceptors (Lipinski definition) is 2. The molecule has 1 aliphatic heterocycles. The Hall–Kier alpha value is -0.440. The largest absolute Gasteiger partial charge is 0.369 e. The summed E-state index contributed by atoms with van der Waals surface area (Å²) in [4.78, 5) is 2.38. The van der Waals surface area contributed by atoms with E-state index < -0.39 is 0 Å². The van der Waals surface area contributed by atoms with Gasteiger partial charge in [-0.3, -0.25) is 0 Å². The number of hydrogen-bond donors (Lipinski definition) is 1. The number of anilines is 1. The zero-order chi connectivity index (χ0) is 14.7. The summed E-state index contributed by atoms with van der Waals surface area (Å²) in [5.41, 5.74) is 2.10. The molecule has 1 fully saturated rings. The molecule has 0 aliphatic carbocycles. The quantitative estimate of drug-likeness (QED) is 0.882. The van der Waals surface area contributed by atoms with Crippen molar-refractivity contribution in [3.63, 3.8) is 0 Å². The minimum atomic E-state index is 0.522. The van der Waals surface area contributed by atoms with Crippen LogP contribution in [0.2, 0.25) is 10.0 Å². The van der Waals surface area contributed by atoms with Crippen LogP contribution in [0.1, 0.15) is 32.3 Å². The molecule has 0 bridgehead atoms. The summed E-state index contributed by atoms with van der Waals surface area (Å²) >= 11 is 12.7. The number of nitrogens with one attached hydrogen (secondary N) is 1. The average molecular weight is 315 g/mol. The van der Waals surface area contributed by atoms with Gasteiger partial charge in [-0.15, -0.1) is 0 Å². The highest BCUT2D eigenvalue weighted by Gasteiger charge is 2.21. The Morgan fingerprint density at radius 3 is 2.75 bits per heavy atom. The number of benzene rings is 1. The first-order valence-electron chi connectivity index (χ1n) is 7.41. The van der Waals surface area contributed by atoms with Gasteiger partial charge in [0.1, 0.15) is 0 Å². The Morgan fingerprint density at radius 2 is 2.05 bits per heavy atom. The average Bonchev–Trinajstić information content (AvgIpc) is 2.58. The summed E-state index contributed by atoms with van der Waals surface area (Å²) in [7, 11) is 0. The summed E-state index contributed by atoms with van der Waals surface area (Å²) in [6, 6.07) is 4.50. The van der Waals surface area contributed by atoms with Crippen molar-refractivity contribution < 1.29 is 0 Å². The lowest BCUT2D eigenvalue weighted by atomic mass is 10.0. The van der Waals surface area contributed by atoms with Crippen LogP contribution in [-0.4, -0.2) is 25.7 Å². The van der Waals surface area contributed by atoms with Crippen molar-refractivity contribution in [1.29, 1.82) is 0 Å². The van der Waals surface area contributed by atoms with E-state index in [1.165, 1.54) is 6.42 Å². The molecule has 2 rings (SSSR count). The van der Waals surface area contributed by atoms with Gasteiger partial charge in [-0.25, -0.2) is 0 Å². The first-order chi connectivity index (χ1) is 9.47. The van der Waals surface area contributed by atoms with Gasteiger partial charge in [-0.1, -0.05) is 37.0 Å². The smallest absolute Gasteiger partial charge is 0.0643 e. The summed E-state index contributed by atoms with van der Waals surface area (Å²) < 4.78 is 0. The van der Waals surface area contributed by atoms with Crippen LogP contribution in [0.4, 0.5) is 5.69 Å². The maximum atomic E-state index is 6.42. The van der Waals surface area contributed by atoms with Gasteiger partial charge in [0.2, 0.25) is 0 Å². The van der Waals surface area contributed by atoms with Gasteiger partial charge in [0.25, 0.3) is 0 Å². The van der Waals surface area contributed by atoms with E-state index in [1.807, 2.05) is 19.1 Å². The zero-order valence-corrected chi connectivity index (χ0v) is 14.1. The molecule has 4 heteroatoms. The Kier molecular flexibility index (Phi) is 5.59. The van der Waals surface area contributed by atoms with Crippen molar-refractivity contribution in [3.05, 3.63) is 27.7 Å².